The number of nitrogens with zero attached hydrogens (tertiary/aromatic N) is 5. The molecule has 33 heavy (non-hydrogen) atoms. The first-order chi connectivity index (χ1) is 16.2. The number of ether oxygens (including phenoxy) is 2. The lowest BCUT2D eigenvalue weighted by atomic mass is 10.0. The first-order valence-corrected chi connectivity index (χ1v) is 11.0. The molecule has 3 heterocycles. The van der Waals surface area contributed by atoms with Crippen LogP contribution in [0.25, 0.3) is 22.2 Å². The minimum absolute atomic E-state index is 0.329. The van der Waals surface area contributed by atoms with Gasteiger partial charge in [-0.2, -0.15) is 10.2 Å². The average molecular weight is 445 g/mol. The first kappa shape index (κ1) is 21.2. The van der Waals surface area contributed by atoms with Crippen LogP contribution in [0.4, 0.5) is 10.1 Å². The van der Waals surface area contributed by atoms with Crippen LogP contribution < -0.4 is 9.64 Å². The average Bonchev–Trinajstić information content (AvgIpc) is 2.85. The number of rotatable bonds is 6. The Balaban J connectivity index is 1.48. The van der Waals surface area contributed by atoms with Gasteiger partial charge < -0.3 is 14.4 Å². The fraction of sp³-hybridized carbons (Fsp3) is 0.280. The van der Waals surface area contributed by atoms with Gasteiger partial charge in [0.15, 0.2) is 0 Å². The van der Waals surface area contributed by atoms with Crippen molar-refractivity contribution in [2.75, 3.05) is 37.8 Å². The van der Waals surface area contributed by atoms with E-state index in [-0.39, 0.29) is 5.82 Å². The SMILES string of the molecule is CCOc1cnnc(Cc2ccc(F)c(-c3ncnc4cc(N5CCOCC5)ccc34)c2)c1. The zero-order chi connectivity index (χ0) is 22.6. The van der Waals surface area contributed by atoms with Gasteiger partial charge in [-0.3, -0.25) is 0 Å². The molecule has 1 aliphatic heterocycles. The highest BCUT2D eigenvalue weighted by Gasteiger charge is 2.16. The molecule has 0 aliphatic carbocycles. The number of anilines is 1. The molecule has 0 atom stereocenters. The topological polar surface area (TPSA) is 73.3 Å². The predicted octanol–water partition coefficient (Wildman–Crippen LogP) is 4.05. The predicted molar refractivity (Wildman–Crippen MR) is 124 cm³/mol. The Morgan fingerprint density at radius 1 is 1.06 bits per heavy atom. The van der Waals surface area contributed by atoms with E-state index in [0.29, 0.717) is 43.2 Å². The molecule has 0 radical (unpaired) electrons. The van der Waals surface area contributed by atoms with Crippen molar-refractivity contribution in [3.8, 4) is 17.0 Å². The molecule has 5 rings (SSSR count). The Bertz CT molecular complexity index is 1280. The molecule has 4 aromatic rings. The molecule has 7 nitrogen and oxygen atoms in total. The summed E-state index contributed by atoms with van der Waals surface area (Å²) < 4.78 is 25.9. The summed E-state index contributed by atoms with van der Waals surface area (Å²) in [7, 11) is 0. The lowest BCUT2D eigenvalue weighted by molar-refractivity contribution is 0.122. The molecule has 0 N–H and O–H groups in total. The van der Waals surface area contributed by atoms with Gasteiger partial charge >= 0.3 is 0 Å². The molecule has 1 fully saturated rings. The van der Waals surface area contributed by atoms with Crippen LogP contribution in [0.5, 0.6) is 5.75 Å². The van der Waals surface area contributed by atoms with Crippen LogP contribution >= 0.6 is 0 Å². The van der Waals surface area contributed by atoms with Crippen molar-refractivity contribution in [1.82, 2.24) is 20.2 Å². The molecule has 8 heteroatoms. The van der Waals surface area contributed by atoms with Crippen LogP contribution in [0.15, 0.2) is 55.0 Å². The summed E-state index contributed by atoms with van der Waals surface area (Å²) in [6.45, 7) is 5.58. The van der Waals surface area contributed by atoms with E-state index >= 15 is 0 Å². The maximum absolute atomic E-state index is 14.9. The Labute approximate surface area is 191 Å². The second-order valence-electron chi connectivity index (χ2n) is 7.83. The highest BCUT2D eigenvalue weighted by molar-refractivity contribution is 5.94. The van der Waals surface area contributed by atoms with Crippen molar-refractivity contribution in [2.24, 2.45) is 0 Å². The second kappa shape index (κ2) is 9.46. The Morgan fingerprint density at radius 3 is 2.79 bits per heavy atom. The van der Waals surface area contributed by atoms with E-state index in [0.717, 1.165) is 40.9 Å². The number of fused-ring (bicyclic) bond motifs is 1. The highest BCUT2D eigenvalue weighted by Crippen LogP contribution is 2.31. The normalized spacial score (nSPS) is 13.9. The lowest BCUT2D eigenvalue weighted by Gasteiger charge is -2.29. The van der Waals surface area contributed by atoms with Gasteiger partial charge in [0.2, 0.25) is 0 Å². The van der Waals surface area contributed by atoms with E-state index in [2.05, 4.69) is 25.1 Å². The zero-order valence-electron chi connectivity index (χ0n) is 18.4. The summed E-state index contributed by atoms with van der Waals surface area (Å²) in [6.07, 6.45) is 3.58. The summed E-state index contributed by atoms with van der Waals surface area (Å²) in [5.74, 6) is 0.341. The van der Waals surface area contributed by atoms with Crippen molar-refractivity contribution < 1.29 is 13.9 Å². The van der Waals surface area contributed by atoms with Crippen LogP contribution in [0, 0.1) is 5.82 Å². The fourth-order valence-corrected chi connectivity index (χ4v) is 4.07. The first-order valence-electron chi connectivity index (χ1n) is 11.0. The Hall–Kier alpha value is -3.65. The summed E-state index contributed by atoms with van der Waals surface area (Å²) in [6, 6.07) is 12.9. The monoisotopic (exact) mass is 445 g/mol. The number of morpholine rings is 1. The van der Waals surface area contributed by atoms with Crippen LogP contribution in [0.3, 0.4) is 0 Å². The van der Waals surface area contributed by atoms with Crippen molar-refractivity contribution in [1.29, 1.82) is 0 Å². The van der Waals surface area contributed by atoms with Gasteiger partial charge in [-0.25, -0.2) is 14.4 Å². The number of benzene rings is 2. The van der Waals surface area contributed by atoms with Gasteiger partial charge in [-0.05, 0) is 42.8 Å². The summed E-state index contributed by atoms with van der Waals surface area (Å²) >= 11 is 0. The second-order valence-corrected chi connectivity index (χ2v) is 7.83. The molecule has 0 saturated carbocycles. The largest absolute Gasteiger partial charge is 0.492 e. The standard InChI is InChI=1S/C25H24FN5O2/c1-2-33-20-13-18(30-29-15-20)11-17-3-6-23(26)22(12-17)25-21-5-4-19(14-24(21)27-16-28-25)31-7-9-32-10-8-31/h3-6,12-16H,2,7-11H2,1H3. The number of halogens is 1. The van der Waals surface area contributed by atoms with Crippen LogP contribution in [-0.4, -0.2) is 53.1 Å². The molecule has 0 spiro atoms. The van der Waals surface area contributed by atoms with Gasteiger partial charge in [0.1, 0.15) is 17.9 Å². The minimum Gasteiger partial charge on any atom is -0.492 e. The van der Waals surface area contributed by atoms with Crippen molar-refractivity contribution >= 4 is 16.6 Å². The molecule has 168 valence electrons. The van der Waals surface area contributed by atoms with E-state index in [1.807, 2.05) is 37.3 Å². The third-order valence-electron chi connectivity index (χ3n) is 5.66. The number of hydrogen-bond acceptors (Lipinski definition) is 7. The third kappa shape index (κ3) is 4.61. The van der Waals surface area contributed by atoms with E-state index in [4.69, 9.17) is 9.47 Å². The van der Waals surface area contributed by atoms with Crippen LogP contribution in [0.2, 0.25) is 0 Å². The van der Waals surface area contributed by atoms with E-state index in [1.165, 1.54) is 12.4 Å². The van der Waals surface area contributed by atoms with Crippen LogP contribution in [-0.2, 0) is 11.2 Å². The summed E-state index contributed by atoms with van der Waals surface area (Å²) in [5, 5.41) is 9.00. The third-order valence-corrected chi connectivity index (χ3v) is 5.66. The summed E-state index contributed by atoms with van der Waals surface area (Å²) in [4.78, 5) is 11.1. The molecule has 1 saturated heterocycles. The summed E-state index contributed by atoms with van der Waals surface area (Å²) in [5.41, 5.74) is 4.53. The molecule has 2 aromatic carbocycles. The Kier molecular flexibility index (Phi) is 6.08. The molecule has 0 unspecified atom stereocenters. The van der Waals surface area contributed by atoms with Gasteiger partial charge in [0.25, 0.3) is 0 Å². The molecular weight excluding hydrogens is 421 g/mol. The quantitative estimate of drug-likeness (QED) is 0.443. The number of hydrogen-bond donors (Lipinski definition) is 0. The molecule has 1 aliphatic rings. The van der Waals surface area contributed by atoms with Crippen LogP contribution in [0.1, 0.15) is 18.2 Å². The maximum Gasteiger partial charge on any atom is 0.141 e. The number of aromatic nitrogens is 4. The minimum atomic E-state index is -0.329. The molecule has 0 amide bonds. The lowest BCUT2D eigenvalue weighted by Crippen LogP contribution is -2.36. The van der Waals surface area contributed by atoms with E-state index in [9.17, 15) is 4.39 Å². The van der Waals surface area contributed by atoms with Gasteiger partial charge in [0.05, 0.1) is 42.9 Å². The Morgan fingerprint density at radius 2 is 1.94 bits per heavy atom. The van der Waals surface area contributed by atoms with Crippen molar-refractivity contribution in [3.63, 3.8) is 0 Å². The van der Waals surface area contributed by atoms with Gasteiger partial charge in [0, 0.05) is 42.2 Å². The van der Waals surface area contributed by atoms with E-state index in [1.54, 1.807) is 12.3 Å². The van der Waals surface area contributed by atoms with Crippen molar-refractivity contribution in [3.05, 3.63) is 72.1 Å². The molecule has 2 aromatic heterocycles. The van der Waals surface area contributed by atoms with Crippen molar-refractivity contribution in [2.45, 2.75) is 13.3 Å². The zero-order valence-corrected chi connectivity index (χ0v) is 18.4. The smallest absolute Gasteiger partial charge is 0.141 e. The molecule has 0 bridgehead atoms. The van der Waals surface area contributed by atoms with E-state index < -0.39 is 0 Å². The highest BCUT2D eigenvalue weighted by atomic mass is 19.1. The maximum atomic E-state index is 14.9. The van der Waals surface area contributed by atoms with Gasteiger partial charge in [-0.1, -0.05) is 6.07 Å². The van der Waals surface area contributed by atoms with Gasteiger partial charge in [-0.15, -0.1) is 0 Å². The fourth-order valence-electron chi connectivity index (χ4n) is 4.07. The molecular formula is C25H24FN5O2.